The van der Waals surface area contributed by atoms with Gasteiger partial charge >= 0.3 is 18.2 Å². The first-order valence-electron chi connectivity index (χ1n) is 6.20. The van der Waals surface area contributed by atoms with Crippen LogP contribution in [0.2, 0.25) is 0 Å². The molecule has 0 bridgehead atoms. The molecule has 10 heteroatoms. The van der Waals surface area contributed by atoms with E-state index in [1.54, 1.807) is 0 Å². The van der Waals surface area contributed by atoms with Gasteiger partial charge in [0.1, 0.15) is 12.2 Å². The maximum Gasteiger partial charge on any atom is 0.415 e. The number of nitrogens with zero attached hydrogens (tertiary/aromatic N) is 3. The standard InChI is InChI=1S/C12H12F3N3O4/c1-2-5-22-11(21)17-4-3-8(12(13,14)15)18-9(17)7(6-16-18)10(19)20/h2,6,8H,1,3-5H2,(H,19,20). The molecule has 1 atom stereocenters. The molecule has 0 aliphatic carbocycles. The molecule has 0 saturated heterocycles. The van der Waals surface area contributed by atoms with Crippen molar-refractivity contribution < 1.29 is 32.6 Å². The third kappa shape index (κ3) is 2.76. The van der Waals surface area contributed by atoms with Crippen molar-refractivity contribution in [3.05, 3.63) is 24.4 Å². The second kappa shape index (κ2) is 5.70. The van der Waals surface area contributed by atoms with E-state index in [1.165, 1.54) is 6.08 Å². The van der Waals surface area contributed by atoms with Gasteiger partial charge in [0.2, 0.25) is 0 Å². The Kier molecular flexibility index (Phi) is 4.11. The number of alkyl halides is 3. The van der Waals surface area contributed by atoms with Crippen molar-refractivity contribution in [1.29, 1.82) is 0 Å². The fourth-order valence-corrected chi connectivity index (χ4v) is 2.17. The number of carbonyl (C=O) groups excluding carboxylic acids is 1. The van der Waals surface area contributed by atoms with Gasteiger partial charge in [-0.1, -0.05) is 12.7 Å². The Balaban J connectivity index is 2.45. The number of fused-ring (bicyclic) bond motifs is 1. The van der Waals surface area contributed by atoms with E-state index < -0.39 is 42.1 Å². The Hall–Kier alpha value is -2.52. The third-order valence-electron chi connectivity index (χ3n) is 3.10. The van der Waals surface area contributed by atoms with Gasteiger partial charge in [0, 0.05) is 6.54 Å². The van der Waals surface area contributed by atoms with Gasteiger partial charge in [0.15, 0.2) is 11.9 Å². The maximum atomic E-state index is 13.0. The average molecular weight is 319 g/mol. The van der Waals surface area contributed by atoms with Gasteiger partial charge in [0.05, 0.1) is 6.20 Å². The largest absolute Gasteiger partial charge is 0.477 e. The minimum absolute atomic E-state index is 0.144. The van der Waals surface area contributed by atoms with Crippen molar-refractivity contribution in [1.82, 2.24) is 9.78 Å². The molecule has 2 rings (SSSR count). The lowest BCUT2D eigenvalue weighted by Crippen LogP contribution is -2.44. The van der Waals surface area contributed by atoms with E-state index in [0.717, 1.165) is 11.1 Å². The van der Waals surface area contributed by atoms with E-state index in [9.17, 15) is 22.8 Å². The van der Waals surface area contributed by atoms with Crippen LogP contribution in [0.15, 0.2) is 18.9 Å². The molecule has 0 fully saturated rings. The summed E-state index contributed by atoms with van der Waals surface area (Å²) in [6, 6.07) is -1.99. The van der Waals surface area contributed by atoms with Gasteiger partial charge in [0.25, 0.3) is 0 Å². The van der Waals surface area contributed by atoms with Crippen LogP contribution in [-0.2, 0) is 4.74 Å². The zero-order valence-electron chi connectivity index (χ0n) is 11.2. The highest BCUT2D eigenvalue weighted by Gasteiger charge is 2.47. The molecule has 1 aromatic rings. The molecule has 1 amide bonds. The summed E-state index contributed by atoms with van der Waals surface area (Å²) in [7, 11) is 0. The summed E-state index contributed by atoms with van der Waals surface area (Å²) in [5.41, 5.74) is -0.496. The summed E-state index contributed by atoms with van der Waals surface area (Å²) in [4.78, 5) is 23.9. The summed E-state index contributed by atoms with van der Waals surface area (Å²) >= 11 is 0. The number of amides is 1. The predicted molar refractivity (Wildman–Crippen MR) is 67.8 cm³/mol. The first-order chi connectivity index (χ1) is 10.3. The Bertz CT molecular complexity index is 611. The van der Waals surface area contributed by atoms with E-state index in [4.69, 9.17) is 9.84 Å². The minimum Gasteiger partial charge on any atom is -0.477 e. The number of hydrogen-bond donors (Lipinski definition) is 1. The van der Waals surface area contributed by atoms with Crippen molar-refractivity contribution in [3.63, 3.8) is 0 Å². The number of aromatic nitrogens is 2. The highest BCUT2D eigenvalue weighted by molar-refractivity contribution is 5.98. The number of ether oxygens (including phenoxy) is 1. The average Bonchev–Trinajstić information content (AvgIpc) is 2.87. The first kappa shape index (κ1) is 15.9. The van der Waals surface area contributed by atoms with Crippen LogP contribution < -0.4 is 4.90 Å². The number of halogens is 3. The highest BCUT2D eigenvalue weighted by Crippen LogP contribution is 2.40. The molecule has 0 saturated carbocycles. The van der Waals surface area contributed by atoms with Crippen LogP contribution in [0.4, 0.5) is 23.8 Å². The van der Waals surface area contributed by atoms with Crippen molar-refractivity contribution in [2.45, 2.75) is 18.6 Å². The molecule has 1 N–H and O–H groups in total. The fourth-order valence-electron chi connectivity index (χ4n) is 2.17. The molecule has 22 heavy (non-hydrogen) atoms. The molecule has 0 spiro atoms. The lowest BCUT2D eigenvalue weighted by atomic mass is 10.1. The highest BCUT2D eigenvalue weighted by atomic mass is 19.4. The lowest BCUT2D eigenvalue weighted by Gasteiger charge is -2.33. The smallest absolute Gasteiger partial charge is 0.415 e. The Morgan fingerprint density at radius 2 is 2.23 bits per heavy atom. The second-order valence-corrected chi connectivity index (χ2v) is 4.49. The summed E-state index contributed by atoms with van der Waals surface area (Å²) in [5, 5.41) is 12.5. The normalized spacial score (nSPS) is 17.8. The van der Waals surface area contributed by atoms with Crippen LogP contribution in [0.3, 0.4) is 0 Å². The molecule has 2 heterocycles. The van der Waals surface area contributed by atoms with Crippen LogP contribution in [-0.4, -0.2) is 46.3 Å². The zero-order chi connectivity index (χ0) is 16.5. The van der Waals surface area contributed by atoms with Gasteiger partial charge < -0.3 is 9.84 Å². The molecule has 1 aromatic heterocycles. The van der Waals surface area contributed by atoms with Gasteiger partial charge in [-0.25, -0.2) is 14.3 Å². The molecule has 0 aromatic carbocycles. The topological polar surface area (TPSA) is 84.7 Å². The number of carboxylic acids is 1. The van der Waals surface area contributed by atoms with Crippen molar-refractivity contribution in [3.8, 4) is 0 Å². The molecule has 1 aliphatic heterocycles. The molecular formula is C12H12F3N3O4. The van der Waals surface area contributed by atoms with E-state index in [0.29, 0.717) is 4.68 Å². The quantitative estimate of drug-likeness (QED) is 0.864. The predicted octanol–water partition coefficient (Wildman–Crippen LogP) is 2.22. The van der Waals surface area contributed by atoms with Gasteiger partial charge in [-0.05, 0) is 6.42 Å². The molecule has 7 nitrogen and oxygen atoms in total. The van der Waals surface area contributed by atoms with Gasteiger partial charge in [-0.3, -0.25) is 4.90 Å². The molecule has 120 valence electrons. The number of rotatable bonds is 3. The monoisotopic (exact) mass is 319 g/mol. The zero-order valence-corrected chi connectivity index (χ0v) is 11.2. The molecule has 1 unspecified atom stereocenters. The van der Waals surface area contributed by atoms with Crippen LogP contribution in [0.25, 0.3) is 0 Å². The van der Waals surface area contributed by atoms with Crippen molar-refractivity contribution >= 4 is 17.9 Å². The first-order valence-corrected chi connectivity index (χ1v) is 6.20. The number of hydrogen-bond acceptors (Lipinski definition) is 4. The number of carbonyl (C=O) groups is 2. The lowest BCUT2D eigenvalue weighted by molar-refractivity contribution is -0.172. The van der Waals surface area contributed by atoms with E-state index >= 15 is 0 Å². The Morgan fingerprint density at radius 3 is 2.77 bits per heavy atom. The van der Waals surface area contributed by atoms with E-state index in [2.05, 4.69) is 11.7 Å². The summed E-state index contributed by atoms with van der Waals surface area (Å²) in [5.74, 6) is -1.92. The Morgan fingerprint density at radius 1 is 1.55 bits per heavy atom. The fraction of sp³-hybridized carbons (Fsp3) is 0.417. The van der Waals surface area contributed by atoms with Crippen LogP contribution in [0.5, 0.6) is 0 Å². The van der Waals surface area contributed by atoms with Crippen molar-refractivity contribution in [2.75, 3.05) is 18.1 Å². The number of carboxylic acid groups (broad SMARTS) is 1. The number of aromatic carboxylic acids is 1. The van der Waals surface area contributed by atoms with Crippen LogP contribution in [0, 0.1) is 0 Å². The third-order valence-corrected chi connectivity index (χ3v) is 3.10. The minimum atomic E-state index is -4.60. The van der Waals surface area contributed by atoms with Gasteiger partial charge in [-0.15, -0.1) is 0 Å². The molecule has 0 radical (unpaired) electrons. The van der Waals surface area contributed by atoms with Crippen LogP contribution >= 0.6 is 0 Å². The summed E-state index contributed by atoms with van der Waals surface area (Å²) < 4.78 is 44.3. The number of anilines is 1. The molecular weight excluding hydrogens is 307 g/mol. The van der Waals surface area contributed by atoms with Crippen molar-refractivity contribution in [2.24, 2.45) is 0 Å². The Labute approximate surface area is 122 Å². The summed E-state index contributed by atoms with van der Waals surface area (Å²) in [6.45, 7) is 2.87. The van der Waals surface area contributed by atoms with Crippen LogP contribution in [0.1, 0.15) is 22.8 Å². The SMILES string of the molecule is C=CCOC(=O)N1CCC(C(F)(F)F)n2ncc(C(=O)O)c21. The summed E-state index contributed by atoms with van der Waals surface area (Å²) in [6.07, 6.45) is -3.93. The van der Waals surface area contributed by atoms with E-state index in [1.807, 2.05) is 0 Å². The maximum absolute atomic E-state index is 13.0. The molecule has 1 aliphatic rings. The van der Waals surface area contributed by atoms with Gasteiger partial charge in [-0.2, -0.15) is 18.3 Å². The second-order valence-electron chi connectivity index (χ2n) is 4.49. The van der Waals surface area contributed by atoms with E-state index in [-0.39, 0.29) is 13.2 Å².